The molecule has 1 N–H and O–H groups in total. The number of rotatable bonds is 4. The Labute approximate surface area is 153 Å². The van der Waals surface area contributed by atoms with Gasteiger partial charge in [-0.05, 0) is 52.0 Å². The molecule has 2 aromatic heterocycles. The first-order valence-corrected chi connectivity index (χ1v) is 8.81. The van der Waals surface area contributed by atoms with Crippen molar-refractivity contribution in [3.63, 3.8) is 0 Å². The van der Waals surface area contributed by atoms with E-state index in [1.165, 1.54) is 0 Å². The van der Waals surface area contributed by atoms with Gasteiger partial charge in [-0.1, -0.05) is 23.7 Å². The maximum absolute atomic E-state index is 10.3. The number of fused-ring (bicyclic) bond motifs is 5. The summed E-state index contributed by atoms with van der Waals surface area (Å²) in [5, 5.41) is 13.5. The first-order valence-electron chi connectivity index (χ1n) is 8.81. The molecule has 0 bridgehead atoms. The van der Waals surface area contributed by atoms with Gasteiger partial charge in [0.15, 0.2) is 0 Å². The molecule has 0 unspecified atom stereocenters. The lowest BCUT2D eigenvalue weighted by atomic mass is 9.82. The zero-order chi connectivity index (χ0) is 18.5. The molecule has 26 heavy (non-hydrogen) atoms. The maximum atomic E-state index is 10.3. The van der Waals surface area contributed by atoms with Crippen LogP contribution in [0.5, 0.6) is 0 Å². The van der Waals surface area contributed by atoms with Gasteiger partial charge in [0.2, 0.25) is 0 Å². The highest BCUT2D eigenvalue weighted by molar-refractivity contribution is 6.47. The molecule has 2 aromatic carbocycles. The fourth-order valence-corrected chi connectivity index (χ4v) is 3.01. The van der Waals surface area contributed by atoms with E-state index in [1.54, 1.807) is 20.0 Å². The third-order valence-electron chi connectivity index (χ3n) is 5.35. The molecule has 2 heterocycles. The monoisotopic (exact) mass is 347 g/mol. The third kappa shape index (κ3) is 2.77. The lowest BCUT2D eigenvalue weighted by molar-refractivity contribution is -0.0893. The van der Waals surface area contributed by atoms with Gasteiger partial charge in [-0.15, -0.1) is 0 Å². The van der Waals surface area contributed by atoms with Crippen LogP contribution < -0.4 is 5.46 Å². The summed E-state index contributed by atoms with van der Waals surface area (Å²) in [5.41, 5.74) is 2.11. The van der Waals surface area contributed by atoms with Crippen LogP contribution in [0.2, 0.25) is 0 Å². The Morgan fingerprint density at radius 2 is 1.77 bits per heavy atom. The van der Waals surface area contributed by atoms with E-state index in [9.17, 15) is 5.11 Å². The number of hydrogen-bond acceptors (Lipinski definition) is 4. The summed E-state index contributed by atoms with van der Waals surface area (Å²) >= 11 is 0. The number of furan rings is 1. The third-order valence-corrected chi connectivity index (χ3v) is 5.35. The van der Waals surface area contributed by atoms with Crippen molar-refractivity contribution in [2.45, 2.75) is 38.9 Å². The smallest absolute Gasteiger partial charge is 0.309 e. The van der Waals surface area contributed by atoms with E-state index in [0.717, 1.165) is 38.3 Å². The highest BCUT2D eigenvalue weighted by Gasteiger charge is 2.35. The van der Waals surface area contributed by atoms with Crippen molar-refractivity contribution in [3.8, 4) is 0 Å². The highest BCUT2D eigenvalue weighted by atomic mass is 16.5. The van der Waals surface area contributed by atoms with E-state index in [4.69, 9.17) is 9.07 Å². The predicted octanol–water partition coefficient (Wildman–Crippen LogP) is 3.68. The van der Waals surface area contributed by atoms with E-state index in [2.05, 4.69) is 17.1 Å². The minimum Gasteiger partial charge on any atom is -0.456 e. The summed E-state index contributed by atoms with van der Waals surface area (Å²) in [6, 6.07) is 14.1. The number of aromatic nitrogens is 1. The molecule has 0 spiro atoms. The predicted molar refractivity (Wildman–Crippen MR) is 107 cm³/mol. The van der Waals surface area contributed by atoms with Gasteiger partial charge < -0.3 is 14.2 Å². The summed E-state index contributed by atoms with van der Waals surface area (Å²) in [6.45, 7) is 7.33. The van der Waals surface area contributed by atoms with Gasteiger partial charge in [-0.25, -0.2) is 0 Å². The summed E-state index contributed by atoms with van der Waals surface area (Å²) < 4.78 is 12.0. The minimum absolute atomic E-state index is 0.419. The Balaban J connectivity index is 1.79. The van der Waals surface area contributed by atoms with Crippen LogP contribution in [0.15, 0.2) is 53.1 Å². The van der Waals surface area contributed by atoms with Crippen LogP contribution in [0.3, 0.4) is 0 Å². The van der Waals surface area contributed by atoms with E-state index >= 15 is 0 Å². The standard InChI is InChI=1S/C21H22BNO3/c1-20(2,24)21(3,4)26-22-13-7-9-17-15(12-13)19-14-6-5-11-23-16(14)8-10-18(19)25-17/h5-12,22,24H,1-4H3. The molecule has 5 heteroatoms. The van der Waals surface area contributed by atoms with Crippen molar-refractivity contribution in [2.24, 2.45) is 0 Å². The molecule has 0 atom stereocenters. The lowest BCUT2D eigenvalue weighted by Gasteiger charge is -2.37. The van der Waals surface area contributed by atoms with Crippen LogP contribution in [0, 0.1) is 0 Å². The number of nitrogens with zero attached hydrogens (tertiary/aromatic N) is 1. The van der Waals surface area contributed by atoms with Gasteiger partial charge in [-0.3, -0.25) is 4.98 Å². The molecule has 0 aliphatic heterocycles. The lowest BCUT2D eigenvalue weighted by Crippen LogP contribution is -2.49. The minimum atomic E-state index is -0.929. The van der Waals surface area contributed by atoms with Gasteiger partial charge in [0.1, 0.15) is 11.2 Å². The zero-order valence-electron chi connectivity index (χ0n) is 15.5. The van der Waals surface area contributed by atoms with E-state index in [0.29, 0.717) is 7.48 Å². The van der Waals surface area contributed by atoms with Crippen LogP contribution >= 0.6 is 0 Å². The molecule has 4 aromatic rings. The number of pyridine rings is 1. The Bertz CT molecular complexity index is 1110. The Hall–Kier alpha value is -2.37. The van der Waals surface area contributed by atoms with E-state index in [-0.39, 0.29) is 0 Å². The van der Waals surface area contributed by atoms with Crippen molar-refractivity contribution < 1.29 is 14.2 Å². The van der Waals surface area contributed by atoms with E-state index in [1.807, 2.05) is 44.2 Å². The molecule has 0 saturated carbocycles. The van der Waals surface area contributed by atoms with Crippen molar-refractivity contribution in [2.75, 3.05) is 0 Å². The largest absolute Gasteiger partial charge is 0.456 e. The van der Waals surface area contributed by atoms with Gasteiger partial charge in [-0.2, -0.15) is 0 Å². The molecular formula is C21H22BNO3. The second-order valence-electron chi connectivity index (χ2n) is 7.80. The molecule has 0 radical (unpaired) electrons. The molecule has 4 nitrogen and oxygen atoms in total. The van der Waals surface area contributed by atoms with Crippen molar-refractivity contribution in [1.29, 1.82) is 0 Å². The fourth-order valence-electron chi connectivity index (χ4n) is 3.01. The van der Waals surface area contributed by atoms with E-state index < -0.39 is 11.2 Å². The summed E-state index contributed by atoms with van der Waals surface area (Å²) in [7, 11) is 0.419. The van der Waals surface area contributed by atoms with Crippen LogP contribution in [0.25, 0.3) is 32.8 Å². The van der Waals surface area contributed by atoms with Gasteiger partial charge in [0.05, 0.1) is 16.7 Å². The molecule has 0 aliphatic rings. The van der Waals surface area contributed by atoms with Gasteiger partial charge in [0, 0.05) is 22.4 Å². The summed E-state index contributed by atoms with van der Waals surface area (Å²) in [4.78, 5) is 4.44. The normalized spacial score (nSPS) is 13.0. The summed E-state index contributed by atoms with van der Waals surface area (Å²) in [6.07, 6.45) is 1.80. The second kappa shape index (κ2) is 5.83. The second-order valence-corrected chi connectivity index (χ2v) is 7.80. The first kappa shape index (κ1) is 17.1. The first-order chi connectivity index (χ1) is 12.3. The van der Waals surface area contributed by atoms with Crippen LogP contribution in [-0.2, 0) is 4.65 Å². The average Bonchev–Trinajstić information content (AvgIpc) is 2.97. The van der Waals surface area contributed by atoms with Crippen LogP contribution in [-0.4, -0.2) is 28.8 Å². The number of hydrogen-bond donors (Lipinski definition) is 1. The molecule has 0 amide bonds. The van der Waals surface area contributed by atoms with Gasteiger partial charge >= 0.3 is 7.48 Å². The van der Waals surface area contributed by atoms with Crippen molar-refractivity contribution in [1.82, 2.24) is 4.98 Å². The quantitative estimate of drug-likeness (QED) is 0.572. The Morgan fingerprint density at radius 1 is 1.00 bits per heavy atom. The molecule has 0 aliphatic carbocycles. The maximum Gasteiger partial charge on any atom is 0.309 e. The van der Waals surface area contributed by atoms with Crippen molar-refractivity contribution >= 4 is 45.8 Å². The highest BCUT2D eigenvalue weighted by Crippen LogP contribution is 2.33. The number of benzene rings is 2. The summed E-state index contributed by atoms with van der Waals surface area (Å²) in [5.74, 6) is 0. The van der Waals surface area contributed by atoms with Crippen molar-refractivity contribution in [3.05, 3.63) is 48.7 Å². The molecule has 0 saturated heterocycles. The SMILES string of the molecule is CC(C)(O)C(C)(C)OBc1ccc2oc3ccc4ncccc4c3c2c1. The average molecular weight is 347 g/mol. The fraction of sp³-hybridized carbons (Fsp3) is 0.286. The Morgan fingerprint density at radius 3 is 2.54 bits per heavy atom. The van der Waals surface area contributed by atoms with Crippen LogP contribution in [0.1, 0.15) is 27.7 Å². The molecular weight excluding hydrogens is 325 g/mol. The molecule has 4 rings (SSSR count). The Kier molecular flexibility index (Phi) is 3.83. The molecule has 132 valence electrons. The van der Waals surface area contributed by atoms with Crippen LogP contribution in [0.4, 0.5) is 0 Å². The number of aliphatic hydroxyl groups is 1. The molecule has 0 fully saturated rings. The zero-order valence-corrected chi connectivity index (χ0v) is 15.5. The topological polar surface area (TPSA) is 55.5 Å². The van der Waals surface area contributed by atoms with Gasteiger partial charge in [0.25, 0.3) is 0 Å².